The summed E-state index contributed by atoms with van der Waals surface area (Å²) >= 11 is 0. The van der Waals surface area contributed by atoms with Crippen molar-refractivity contribution in [1.29, 1.82) is 0 Å². The maximum Gasteiger partial charge on any atom is 0.291 e. The Balaban J connectivity index is 1.59. The average Bonchev–Trinajstić information content (AvgIpc) is 3.30. The van der Waals surface area contributed by atoms with Gasteiger partial charge in [0, 0.05) is 24.8 Å². The lowest BCUT2D eigenvalue weighted by Crippen LogP contribution is -2.26. The zero-order chi connectivity index (χ0) is 18.8. The number of nitrogens with one attached hydrogen (secondary N) is 2. The van der Waals surface area contributed by atoms with E-state index < -0.39 is 0 Å². The van der Waals surface area contributed by atoms with E-state index in [1.807, 2.05) is 11.5 Å². The second-order valence-corrected chi connectivity index (χ2v) is 6.62. The van der Waals surface area contributed by atoms with E-state index in [1.165, 1.54) is 0 Å². The largest absolute Gasteiger partial charge is 0.454 e. The molecule has 0 atom stereocenters. The Kier molecular flexibility index (Phi) is 4.70. The van der Waals surface area contributed by atoms with Crippen molar-refractivity contribution in [3.05, 3.63) is 35.4 Å². The summed E-state index contributed by atoms with van der Waals surface area (Å²) in [7, 11) is 0. The summed E-state index contributed by atoms with van der Waals surface area (Å²) in [6, 6.07) is 5.22. The maximum atomic E-state index is 12.8. The molecule has 1 aromatic carbocycles. The number of hydrogen-bond donors (Lipinski definition) is 2. The Labute approximate surface area is 156 Å². The van der Waals surface area contributed by atoms with Gasteiger partial charge in [-0.25, -0.2) is 4.98 Å². The van der Waals surface area contributed by atoms with Crippen LogP contribution < -0.4 is 20.1 Å². The van der Waals surface area contributed by atoms with Crippen molar-refractivity contribution < 1.29 is 19.1 Å². The third-order valence-corrected chi connectivity index (χ3v) is 4.70. The zero-order valence-corrected chi connectivity index (χ0v) is 15.2. The Morgan fingerprint density at radius 1 is 1.19 bits per heavy atom. The molecule has 1 aromatic heterocycles. The molecule has 2 aliphatic heterocycles. The fraction of sp³-hybridized carbons (Fsp3) is 0.421. The molecule has 0 aliphatic carbocycles. The predicted molar refractivity (Wildman–Crippen MR) is 98.3 cm³/mol. The summed E-state index contributed by atoms with van der Waals surface area (Å²) in [4.78, 5) is 29.7. The van der Waals surface area contributed by atoms with E-state index in [4.69, 9.17) is 9.47 Å². The highest BCUT2D eigenvalue weighted by Gasteiger charge is 2.27. The molecule has 0 fully saturated rings. The molecule has 2 amide bonds. The number of amides is 2. The molecule has 0 spiro atoms. The van der Waals surface area contributed by atoms with Gasteiger partial charge in [0.1, 0.15) is 5.69 Å². The first-order valence-corrected chi connectivity index (χ1v) is 9.26. The van der Waals surface area contributed by atoms with Crippen LogP contribution in [0.4, 0.5) is 5.69 Å². The topological polar surface area (TPSA) is 94.5 Å². The van der Waals surface area contributed by atoms with Crippen LogP contribution >= 0.6 is 0 Å². The number of benzene rings is 1. The normalized spacial score (nSPS) is 14.6. The smallest absolute Gasteiger partial charge is 0.291 e. The van der Waals surface area contributed by atoms with Gasteiger partial charge in [0.15, 0.2) is 17.3 Å². The second kappa shape index (κ2) is 7.30. The Morgan fingerprint density at radius 3 is 2.89 bits per heavy atom. The lowest BCUT2D eigenvalue weighted by Gasteiger charge is -2.17. The summed E-state index contributed by atoms with van der Waals surface area (Å²) in [5.74, 6) is 0.957. The van der Waals surface area contributed by atoms with Crippen molar-refractivity contribution in [1.82, 2.24) is 14.9 Å². The molecule has 0 saturated carbocycles. The summed E-state index contributed by atoms with van der Waals surface area (Å²) in [6.07, 6.45) is 3.55. The average molecular weight is 370 g/mol. The van der Waals surface area contributed by atoms with Crippen LogP contribution in [0.25, 0.3) is 0 Å². The molecule has 3 heterocycles. The number of fused-ring (bicyclic) bond motifs is 2. The molecule has 4 rings (SSSR count). The number of nitrogens with zero attached hydrogens (tertiary/aromatic N) is 2. The molecular formula is C19H22N4O4. The van der Waals surface area contributed by atoms with Crippen LogP contribution in [-0.2, 0) is 13.0 Å². The van der Waals surface area contributed by atoms with Crippen molar-refractivity contribution in [2.45, 2.75) is 39.2 Å². The molecule has 0 saturated heterocycles. The van der Waals surface area contributed by atoms with Crippen LogP contribution in [0.15, 0.2) is 18.2 Å². The fourth-order valence-electron chi connectivity index (χ4n) is 3.38. The van der Waals surface area contributed by atoms with Gasteiger partial charge in [-0.15, -0.1) is 0 Å². The number of hydrogen-bond acceptors (Lipinski definition) is 5. The lowest BCUT2D eigenvalue weighted by atomic mass is 10.1. The van der Waals surface area contributed by atoms with Crippen LogP contribution in [0.5, 0.6) is 11.5 Å². The van der Waals surface area contributed by atoms with Gasteiger partial charge in [-0.1, -0.05) is 6.92 Å². The summed E-state index contributed by atoms with van der Waals surface area (Å²) in [6.45, 7) is 3.45. The van der Waals surface area contributed by atoms with Gasteiger partial charge in [-0.05, 0) is 37.8 Å². The van der Waals surface area contributed by atoms with Gasteiger partial charge >= 0.3 is 0 Å². The van der Waals surface area contributed by atoms with E-state index in [-0.39, 0.29) is 24.4 Å². The Morgan fingerprint density at radius 2 is 2.04 bits per heavy atom. The van der Waals surface area contributed by atoms with Crippen molar-refractivity contribution in [2.75, 3.05) is 18.7 Å². The van der Waals surface area contributed by atoms with Gasteiger partial charge < -0.3 is 24.7 Å². The molecule has 0 bridgehead atoms. The highest BCUT2D eigenvalue weighted by atomic mass is 16.7. The third-order valence-electron chi connectivity index (χ3n) is 4.70. The molecule has 2 aliphatic rings. The highest BCUT2D eigenvalue weighted by Crippen LogP contribution is 2.34. The molecule has 8 heteroatoms. The van der Waals surface area contributed by atoms with Gasteiger partial charge in [0.05, 0.1) is 5.69 Å². The SMILES string of the molecule is CCCNC(=O)c1nc(C(=O)Nc2ccc3c(c2)OCO3)n2c1CCCC2. The molecule has 8 nitrogen and oxygen atoms in total. The van der Waals surface area contributed by atoms with Crippen LogP contribution in [0.3, 0.4) is 0 Å². The molecular weight excluding hydrogens is 348 g/mol. The number of ether oxygens (including phenoxy) is 2. The van der Waals surface area contributed by atoms with E-state index >= 15 is 0 Å². The molecule has 2 N–H and O–H groups in total. The van der Waals surface area contributed by atoms with E-state index in [0.29, 0.717) is 36.0 Å². The summed E-state index contributed by atoms with van der Waals surface area (Å²) < 4.78 is 12.5. The number of aromatic nitrogens is 2. The van der Waals surface area contributed by atoms with Crippen molar-refractivity contribution in [3.63, 3.8) is 0 Å². The summed E-state index contributed by atoms with van der Waals surface area (Å²) in [5.41, 5.74) is 1.79. The van der Waals surface area contributed by atoms with E-state index in [1.54, 1.807) is 18.2 Å². The van der Waals surface area contributed by atoms with Crippen LogP contribution in [-0.4, -0.2) is 34.7 Å². The number of carbonyl (C=O) groups excluding carboxylic acids is 2. The quantitative estimate of drug-likeness (QED) is 0.842. The van der Waals surface area contributed by atoms with Gasteiger partial charge in [-0.2, -0.15) is 0 Å². The standard InChI is InChI=1S/C19H22N4O4/c1-2-8-20-18(24)16-13-5-3-4-9-23(13)17(22-16)19(25)21-12-6-7-14-15(10-12)27-11-26-14/h6-7,10H,2-5,8-9,11H2,1H3,(H,20,24)(H,21,25). The van der Waals surface area contributed by atoms with Crippen molar-refractivity contribution >= 4 is 17.5 Å². The lowest BCUT2D eigenvalue weighted by molar-refractivity contribution is 0.0947. The first-order valence-electron chi connectivity index (χ1n) is 9.26. The molecule has 27 heavy (non-hydrogen) atoms. The first-order chi connectivity index (χ1) is 13.2. The molecule has 142 valence electrons. The van der Waals surface area contributed by atoms with E-state index in [9.17, 15) is 9.59 Å². The fourth-order valence-corrected chi connectivity index (χ4v) is 3.38. The maximum absolute atomic E-state index is 12.8. The summed E-state index contributed by atoms with van der Waals surface area (Å²) in [5, 5.41) is 5.70. The number of rotatable bonds is 5. The van der Waals surface area contributed by atoms with E-state index in [0.717, 1.165) is 31.4 Å². The minimum atomic E-state index is -0.341. The van der Waals surface area contributed by atoms with Crippen molar-refractivity contribution in [3.8, 4) is 11.5 Å². The second-order valence-electron chi connectivity index (χ2n) is 6.62. The number of imidazole rings is 1. The monoisotopic (exact) mass is 370 g/mol. The molecule has 0 radical (unpaired) electrons. The van der Waals surface area contributed by atoms with Crippen LogP contribution in [0, 0.1) is 0 Å². The first kappa shape index (κ1) is 17.4. The van der Waals surface area contributed by atoms with Gasteiger partial charge in [0.2, 0.25) is 6.79 Å². The van der Waals surface area contributed by atoms with Crippen molar-refractivity contribution in [2.24, 2.45) is 0 Å². The Hall–Kier alpha value is -3.03. The van der Waals surface area contributed by atoms with Crippen LogP contribution in [0.2, 0.25) is 0 Å². The molecule has 0 unspecified atom stereocenters. The number of anilines is 1. The predicted octanol–water partition coefficient (Wildman–Crippen LogP) is 2.34. The third kappa shape index (κ3) is 3.34. The number of carbonyl (C=O) groups is 2. The van der Waals surface area contributed by atoms with E-state index in [2.05, 4.69) is 15.6 Å². The highest BCUT2D eigenvalue weighted by molar-refractivity contribution is 6.03. The minimum absolute atomic E-state index is 0.177. The Bertz CT molecular complexity index is 890. The van der Waals surface area contributed by atoms with Gasteiger partial charge in [0.25, 0.3) is 11.8 Å². The van der Waals surface area contributed by atoms with Gasteiger partial charge in [-0.3, -0.25) is 9.59 Å². The molecule has 2 aromatic rings. The minimum Gasteiger partial charge on any atom is -0.454 e. The van der Waals surface area contributed by atoms with Crippen LogP contribution in [0.1, 0.15) is 53.0 Å². The zero-order valence-electron chi connectivity index (χ0n) is 15.2.